The summed E-state index contributed by atoms with van der Waals surface area (Å²) < 4.78 is 0. The number of piperidine rings is 3. The molecule has 8 heteroatoms. The quantitative estimate of drug-likeness (QED) is 0.723. The number of aromatic nitrogens is 3. The monoisotopic (exact) mass is 394 g/mol. The summed E-state index contributed by atoms with van der Waals surface area (Å²) in [5.41, 5.74) is 1.76. The van der Waals surface area contributed by atoms with E-state index in [9.17, 15) is 9.59 Å². The van der Waals surface area contributed by atoms with E-state index in [2.05, 4.69) is 30.7 Å². The van der Waals surface area contributed by atoms with E-state index in [1.165, 1.54) is 0 Å². The summed E-state index contributed by atoms with van der Waals surface area (Å²) >= 11 is 0. The highest BCUT2D eigenvalue weighted by molar-refractivity contribution is 5.93. The van der Waals surface area contributed by atoms with Gasteiger partial charge < -0.3 is 15.5 Å². The molecule has 3 saturated heterocycles. The molecule has 0 saturated carbocycles. The fraction of sp³-hybridized carbons (Fsp3) is 0.524. The van der Waals surface area contributed by atoms with Gasteiger partial charge in [0.15, 0.2) is 0 Å². The van der Waals surface area contributed by atoms with E-state index in [-0.39, 0.29) is 17.9 Å². The van der Waals surface area contributed by atoms with Gasteiger partial charge in [0, 0.05) is 31.7 Å². The van der Waals surface area contributed by atoms with Gasteiger partial charge in [-0.2, -0.15) is 5.10 Å². The lowest BCUT2D eigenvalue weighted by Gasteiger charge is -2.54. The minimum atomic E-state index is -0.202. The maximum atomic E-state index is 12.7. The fourth-order valence-electron chi connectivity index (χ4n) is 5.27. The predicted octanol–water partition coefficient (Wildman–Crippen LogP) is 1.19. The number of hydrogen-bond acceptors (Lipinski definition) is 5. The van der Waals surface area contributed by atoms with E-state index in [0.717, 1.165) is 38.0 Å². The summed E-state index contributed by atoms with van der Waals surface area (Å²) in [6.07, 6.45) is 5.51. The van der Waals surface area contributed by atoms with Crippen molar-refractivity contribution in [3.05, 3.63) is 36.2 Å². The molecule has 152 valence electrons. The van der Waals surface area contributed by atoms with Gasteiger partial charge in [0.25, 0.3) is 5.91 Å². The predicted molar refractivity (Wildman–Crippen MR) is 107 cm³/mol. The van der Waals surface area contributed by atoms with Crippen molar-refractivity contribution in [3.8, 4) is 11.4 Å². The summed E-state index contributed by atoms with van der Waals surface area (Å²) in [7, 11) is 0. The number of carbonyl (C=O) groups excluding carboxylic acids is 2. The first-order valence-corrected chi connectivity index (χ1v) is 10.5. The van der Waals surface area contributed by atoms with Gasteiger partial charge in [-0.05, 0) is 55.8 Å². The molecule has 4 atom stereocenters. The molecule has 3 aliphatic rings. The van der Waals surface area contributed by atoms with Gasteiger partial charge in [-0.3, -0.25) is 19.7 Å². The van der Waals surface area contributed by atoms with Crippen molar-refractivity contribution in [2.75, 3.05) is 19.6 Å². The lowest BCUT2D eigenvalue weighted by atomic mass is 9.72. The van der Waals surface area contributed by atoms with Crippen LogP contribution >= 0.6 is 0 Å². The average molecular weight is 394 g/mol. The highest BCUT2D eigenvalue weighted by atomic mass is 16.2. The third kappa shape index (κ3) is 3.42. The van der Waals surface area contributed by atoms with E-state index < -0.39 is 0 Å². The highest BCUT2D eigenvalue weighted by Crippen LogP contribution is 2.39. The van der Waals surface area contributed by atoms with Gasteiger partial charge in [-0.25, -0.2) is 0 Å². The van der Waals surface area contributed by atoms with Gasteiger partial charge in [0.1, 0.15) is 11.4 Å². The molecule has 3 N–H and O–H groups in total. The number of H-pyrrole nitrogens is 1. The average Bonchev–Trinajstić information content (AvgIpc) is 3.25. The first kappa shape index (κ1) is 18.3. The molecule has 29 heavy (non-hydrogen) atoms. The van der Waals surface area contributed by atoms with Gasteiger partial charge in [0.05, 0.1) is 11.7 Å². The summed E-state index contributed by atoms with van der Waals surface area (Å²) in [6.45, 7) is 2.37. The smallest absolute Gasteiger partial charge is 0.269 e. The minimum absolute atomic E-state index is 0.0546. The number of rotatable bonds is 4. The molecule has 5 rings (SSSR count). The maximum absolute atomic E-state index is 12.7. The molecular weight excluding hydrogens is 368 g/mol. The second kappa shape index (κ2) is 7.59. The van der Waals surface area contributed by atoms with Crippen molar-refractivity contribution in [3.63, 3.8) is 0 Å². The Balaban J connectivity index is 1.29. The zero-order chi connectivity index (χ0) is 19.8. The highest BCUT2D eigenvalue weighted by Gasteiger charge is 2.47. The number of nitrogens with one attached hydrogen (secondary N) is 3. The van der Waals surface area contributed by atoms with Crippen LogP contribution in [-0.4, -0.2) is 63.6 Å². The normalized spacial score (nSPS) is 28.7. The molecule has 2 aromatic heterocycles. The van der Waals surface area contributed by atoms with Gasteiger partial charge in [-0.1, -0.05) is 6.07 Å². The second-order valence-electron chi connectivity index (χ2n) is 8.33. The number of nitrogens with zero attached hydrogens (tertiary/aromatic N) is 3. The number of hydrogen-bond donors (Lipinski definition) is 3. The van der Waals surface area contributed by atoms with Crippen molar-refractivity contribution in [2.24, 2.45) is 11.8 Å². The zero-order valence-corrected chi connectivity index (χ0v) is 16.3. The van der Waals surface area contributed by atoms with Crippen LogP contribution in [-0.2, 0) is 4.79 Å². The van der Waals surface area contributed by atoms with Crippen molar-refractivity contribution in [2.45, 2.75) is 37.8 Å². The zero-order valence-electron chi connectivity index (χ0n) is 16.3. The number of fused-ring (bicyclic) bond motifs is 4. The van der Waals surface area contributed by atoms with Crippen LogP contribution in [0.5, 0.6) is 0 Å². The first-order valence-electron chi connectivity index (χ1n) is 10.5. The fourth-order valence-corrected chi connectivity index (χ4v) is 5.27. The van der Waals surface area contributed by atoms with Crippen LogP contribution in [0.3, 0.4) is 0 Å². The minimum Gasteiger partial charge on any atom is -0.349 e. The number of carbonyl (C=O) groups is 2. The molecule has 3 fully saturated rings. The second-order valence-corrected chi connectivity index (χ2v) is 8.33. The molecule has 2 amide bonds. The van der Waals surface area contributed by atoms with Gasteiger partial charge in [0.2, 0.25) is 5.91 Å². The molecule has 0 spiro atoms. The molecular formula is C21H26N6O2. The number of aromatic amines is 1. The molecule has 0 aliphatic carbocycles. The lowest BCUT2D eigenvalue weighted by Crippen LogP contribution is -2.66. The maximum Gasteiger partial charge on any atom is 0.269 e. The van der Waals surface area contributed by atoms with Gasteiger partial charge in [-0.15, -0.1) is 0 Å². The molecule has 0 aromatic carbocycles. The Labute approximate surface area is 169 Å². The molecule has 0 unspecified atom stereocenters. The topological polar surface area (TPSA) is 103 Å². The standard InChI is InChI=1S/C21H26N6O2/c28-20-6-3-5-18-13-8-14(11-22-10-13)19(27(18)20)12-24-21(29)17-9-16(25-26-17)15-4-1-2-7-23-15/h1-2,4,7,9,13-14,18-19,22H,3,5-6,8,10-12H2,(H,24,29)(H,25,26)/t13-,14+,18+,19+/m1/s1. The SMILES string of the molecule is O=C(NC[C@H]1[C@@H]2CNC[C@@H](C2)[C@@H]2CCCC(=O)N21)c1cc(-c2ccccn2)n[nH]1. The van der Waals surface area contributed by atoms with Crippen LogP contribution in [0.1, 0.15) is 36.2 Å². The lowest BCUT2D eigenvalue weighted by molar-refractivity contribution is -0.148. The first-order chi connectivity index (χ1) is 14.2. The van der Waals surface area contributed by atoms with E-state index in [1.807, 2.05) is 18.2 Å². The largest absolute Gasteiger partial charge is 0.349 e. The summed E-state index contributed by atoms with van der Waals surface area (Å²) in [5, 5.41) is 13.6. The van der Waals surface area contributed by atoms with Crippen molar-refractivity contribution in [1.29, 1.82) is 0 Å². The summed E-state index contributed by atoms with van der Waals surface area (Å²) in [5.74, 6) is 0.972. The molecule has 5 heterocycles. The Morgan fingerprint density at radius 3 is 3.00 bits per heavy atom. The Morgan fingerprint density at radius 1 is 1.24 bits per heavy atom. The summed E-state index contributed by atoms with van der Waals surface area (Å²) in [6, 6.07) is 7.66. The van der Waals surface area contributed by atoms with Crippen LogP contribution in [0, 0.1) is 11.8 Å². The molecule has 3 aliphatic heterocycles. The Kier molecular flexibility index (Phi) is 4.79. The van der Waals surface area contributed by atoms with Crippen molar-refractivity contribution >= 4 is 11.8 Å². The molecule has 2 bridgehead atoms. The van der Waals surface area contributed by atoms with E-state index in [0.29, 0.717) is 42.2 Å². The Bertz CT molecular complexity index is 898. The molecule has 8 nitrogen and oxygen atoms in total. The van der Waals surface area contributed by atoms with E-state index in [1.54, 1.807) is 12.3 Å². The number of pyridine rings is 1. The van der Waals surface area contributed by atoms with Crippen LogP contribution in [0.4, 0.5) is 0 Å². The van der Waals surface area contributed by atoms with E-state index >= 15 is 0 Å². The Morgan fingerprint density at radius 2 is 2.14 bits per heavy atom. The molecule has 0 radical (unpaired) electrons. The number of amides is 2. The Hall–Kier alpha value is -2.74. The third-order valence-electron chi connectivity index (χ3n) is 6.62. The van der Waals surface area contributed by atoms with E-state index in [4.69, 9.17) is 0 Å². The van der Waals surface area contributed by atoms with Crippen molar-refractivity contribution in [1.82, 2.24) is 30.7 Å². The van der Waals surface area contributed by atoms with Gasteiger partial charge >= 0.3 is 0 Å². The van der Waals surface area contributed by atoms with Crippen LogP contribution in [0.2, 0.25) is 0 Å². The van der Waals surface area contributed by atoms with Crippen LogP contribution < -0.4 is 10.6 Å². The third-order valence-corrected chi connectivity index (χ3v) is 6.62. The molecule has 2 aromatic rings. The van der Waals surface area contributed by atoms with Crippen molar-refractivity contribution < 1.29 is 9.59 Å². The van der Waals surface area contributed by atoms with Crippen LogP contribution in [0.25, 0.3) is 11.4 Å². The summed E-state index contributed by atoms with van der Waals surface area (Å²) in [4.78, 5) is 31.8. The van der Waals surface area contributed by atoms with Crippen LogP contribution in [0.15, 0.2) is 30.5 Å².